The zero-order valence-electron chi connectivity index (χ0n) is 15.7. The topological polar surface area (TPSA) is 41.6 Å². The number of carbonyl (C=O) groups excluding carboxylic acids is 1. The molecule has 2 aromatic rings. The summed E-state index contributed by atoms with van der Waals surface area (Å²) in [7, 11) is 2.05. The summed E-state index contributed by atoms with van der Waals surface area (Å²) < 4.78 is 5.83. The van der Waals surface area contributed by atoms with Gasteiger partial charge in [-0.15, -0.1) is 0 Å². The molecule has 0 fully saturated rings. The van der Waals surface area contributed by atoms with E-state index in [4.69, 9.17) is 16.3 Å². The Kier molecular flexibility index (Phi) is 7.79. The molecule has 2 aromatic carbocycles. The Bertz CT molecular complexity index is 706. The maximum absolute atomic E-state index is 12.4. The molecule has 0 bridgehead atoms. The van der Waals surface area contributed by atoms with Crippen LogP contribution in [0.25, 0.3) is 0 Å². The van der Waals surface area contributed by atoms with Crippen LogP contribution in [0.3, 0.4) is 0 Å². The predicted molar refractivity (Wildman–Crippen MR) is 108 cm³/mol. The van der Waals surface area contributed by atoms with Gasteiger partial charge in [-0.25, -0.2) is 0 Å². The molecule has 0 spiro atoms. The Morgan fingerprint density at radius 2 is 1.96 bits per heavy atom. The van der Waals surface area contributed by atoms with Crippen molar-refractivity contribution in [1.82, 2.24) is 5.32 Å². The highest BCUT2D eigenvalue weighted by Gasteiger charge is 2.18. The molecule has 0 saturated carbocycles. The third-order valence-electron chi connectivity index (χ3n) is 4.24. The first kappa shape index (κ1) is 20.1. The number of nitrogens with one attached hydrogen (secondary N) is 1. The summed E-state index contributed by atoms with van der Waals surface area (Å²) in [6, 6.07) is 15.6. The van der Waals surface area contributed by atoms with Gasteiger partial charge in [-0.3, -0.25) is 4.79 Å². The number of benzene rings is 2. The van der Waals surface area contributed by atoms with E-state index in [-0.39, 0.29) is 5.91 Å². The van der Waals surface area contributed by atoms with Gasteiger partial charge in [0.05, 0.1) is 0 Å². The van der Waals surface area contributed by atoms with Crippen LogP contribution in [0.1, 0.15) is 25.3 Å². The van der Waals surface area contributed by atoms with Crippen molar-refractivity contribution in [1.29, 1.82) is 0 Å². The number of nitrogens with zero attached hydrogens (tertiary/aromatic N) is 1. The van der Waals surface area contributed by atoms with Crippen LogP contribution in [0.15, 0.2) is 48.5 Å². The molecule has 2 rings (SSSR count). The van der Waals surface area contributed by atoms with Crippen LogP contribution in [0, 0.1) is 6.92 Å². The van der Waals surface area contributed by atoms with Gasteiger partial charge in [0.2, 0.25) is 0 Å². The first-order valence-corrected chi connectivity index (χ1v) is 9.35. The fourth-order valence-corrected chi connectivity index (χ4v) is 2.75. The molecule has 1 amide bonds. The SMILES string of the molecule is CCC(Oc1ccc(Cl)c(C)c1)C(=O)NCCCN(C)c1ccccc1. The van der Waals surface area contributed by atoms with Crippen molar-refractivity contribution in [2.45, 2.75) is 32.8 Å². The van der Waals surface area contributed by atoms with Crippen LogP contribution in [0.2, 0.25) is 5.02 Å². The van der Waals surface area contributed by atoms with Crippen molar-refractivity contribution in [3.8, 4) is 5.75 Å². The first-order chi connectivity index (χ1) is 12.5. The van der Waals surface area contributed by atoms with E-state index in [0.717, 1.165) is 18.5 Å². The van der Waals surface area contributed by atoms with E-state index in [0.29, 0.717) is 23.7 Å². The number of amides is 1. The quantitative estimate of drug-likeness (QED) is 0.659. The Morgan fingerprint density at radius 1 is 1.23 bits per heavy atom. The number of hydrogen-bond acceptors (Lipinski definition) is 3. The Labute approximate surface area is 161 Å². The molecule has 5 heteroatoms. The number of halogens is 1. The molecule has 0 radical (unpaired) electrons. The first-order valence-electron chi connectivity index (χ1n) is 8.98. The summed E-state index contributed by atoms with van der Waals surface area (Å²) in [6.07, 6.45) is 0.979. The maximum Gasteiger partial charge on any atom is 0.261 e. The standard InChI is InChI=1S/C21H27ClN2O2/c1-4-20(26-18-11-12-19(22)16(2)15-18)21(25)23-13-8-14-24(3)17-9-6-5-7-10-17/h5-7,9-12,15,20H,4,8,13-14H2,1-3H3,(H,23,25). The zero-order valence-corrected chi connectivity index (χ0v) is 16.4. The fraction of sp³-hybridized carbons (Fsp3) is 0.381. The number of aryl methyl sites for hydroxylation is 1. The Hall–Kier alpha value is -2.20. The molecular formula is C21H27ClN2O2. The fourth-order valence-electron chi connectivity index (χ4n) is 2.63. The summed E-state index contributed by atoms with van der Waals surface area (Å²) in [5, 5.41) is 3.66. The van der Waals surface area contributed by atoms with Gasteiger partial charge in [0.15, 0.2) is 6.10 Å². The summed E-state index contributed by atoms with van der Waals surface area (Å²) in [6.45, 7) is 5.35. The normalized spacial score (nSPS) is 11.7. The second-order valence-electron chi connectivity index (χ2n) is 6.33. The zero-order chi connectivity index (χ0) is 18.9. The highest BCUT2D eigenvalue weighted by atomic mass is 35.5. The molecule has 0 aliphatic carbocycles. The van der Waals surface area contributed by atoms with E-state index in [9.17, 15) is 4.79 Å². The van der Waals surface area contributed by atoms with E-state index in [1.807, 2.05) is 38.1 Å². The molecule has 4 nitrogen and oxygen atoms in total. The molecule has 0 aliphatic heterocycles. The van der Waals surface area contributed by atoms with Gasteiger partial charge in [0.1, 0.15) is 5.75 Å². The van der Waals surface area contributed by atoms with Gasteiger partial charge in [-0.05, 0) is 55.7 Å². The average molecular weight is 375 g/mol. The Balaban J connectivity index is 1.77. The highest BCUT2D eigenvalue weighted by Crippen LogP contribution is 2.22. The third kappa shape index (κ3) is 5.95. The van der Waals surface area contributed by atoms with E-state index in [2.05, 4.69) is 29.4 Å². The average Bonchev–Trinajstić information content (AvgIpc) is 2.66. The predicted octanol–water partition coefficient (Wildman–Crippen LogP) is 4.45. The van der Waals surface area contributed by atoms with E-state index < -0.39 is 6.10 Å². The summed E-state index contributed by atoms with van der Waals surface area (Å²) in [4.78, 5) is 14.5. The van der Waals surface area contributed by atoms with Crippen LogP contribution < -0.4 is 15.0 Å². The minimum absolute atomic E-state index is 0.0810. The molecule has 0 saturated heterocycles. The lowest BCUT2D eigenvalue weighted by Crippen LogP contribution is -2.39. The molecule has 0 aromatic heterocycles. The van der Waals surface area contributed by atoms with Crippen LogP contribution in [0.4, 0.5) is 5.69 Å². The van der Waals surface area contributed by atoms with Gasteiger partial charge in [0, 0.05) is 30.8 Å². The van der Waals surface area contributed by atoms with Crippen LogP contribution >= 0.6 is 11.6 Å². The highest BCUT2D eigenvalue weighted by molar-refractivity contribution is 6.31. The molecule has 0 aliphatic rings. The number of anilines is 1. The van der Waals surface area contributed by atoms with Crippen molar-refractivity contribution in [2.24, 2.45) is 0 Å². The second kappa shape index (κ2) is 10.1. The number of hydrogen-bond donors (Lipinski definition) is 1. The molecule has 1 atom stereocenters. The van der Waals surface area contributed by atoms with Crippen molar-refractivity contribution in [3.05, 3.63) is 59.1 Å². The minimum Gasteiger partial charge on any atom is -0.481 e. The molecule has 26 heavy (non-hydrogen) atoms. The Morgan fingerprint density at radius 3 is 2.62 bits per heavy atom. The smallest absolute Gasteiger partial charge is 0.261 e. The number of rotatable bonds is 9. The van der Waals surface area contributed by atoms with Crippen molar-refractivity contribution >= 4 is 23.2 Å². The largest absolute Gasteiger partial charge is 0.481 e. The molecular weight excluding hydrogens is 348 g/mol. The van der Waals surface area contributed by atoms with E-state index in [1.165, 1.54) is 5.69 Å². The van der Waals surface area contributed by atoms with Gasteiger partial charge in [0.25, 0.3) is 5.91 Å². The summed E-state index contributed by atoms with van der Waals surface area (Å²) in [5.41, 5.74) is 2.11. The lowest BCUT2D eigenvalue weighted by molar-refractivity contribution is -0.128. The summed E-state index contributed by atoms with van der Waals surface area (Å²) in [5.74, 6) is 0.583. The van der Waals surface area contributed by atoms with Gasteiger partial charge < -0.3 is 15.0 Å². The lowest BCUT2D eigenvalue weighted by Gasteiger charge is -2.20. The van der Waals surface area contributed by atoms with E-state index in [1.54, 1.807) is 12.1 Å². The second-order valence-corrected chi connectivity index (χ2v) is 6.73. The van der Waals surface area contributed by atoms with Gasteiger partial charge >= 0.3 is 0 Å². The number of ether oxygens (including phenoxy) is 1. The molecule has 1 N–H and O–H groups in total. The van der Waals surface area contributed by atoms with Gasteiger partial charge in [-0.1, -0.05) is 36.7 Å². The van der Waals surface area contributed by atoms with E-state index >= 15 is 0 Å². The van der Waals surface area contributed by atoms with Crippen LogP contribution in [-0.4, -0.2) is 32.1 Å². The molecule has 0 heterocycles. The lowest BCUT2D eigenvalue weighted by atomic mass is 10.2. The minimum atomic E-state index is -0.498. The van der Waals surface area contributed by atoms with Crippen LogP contribution in [0.5, 0.6) is 5.75 Å². The molecule has 1 unspecified atom stereocenters. The number of para-hydroxylation sites is 1. The third-order valence-corrected chi connectivity index (χ3v) is 4.66. The maximum atomic E-state index is 12.4. The molecule has 140 valence electrons. The van der Waals surface area contributed by atoms with Crippen molar-refractivity contribution in [3.63, 3.8) is 0 Å². The van der Waals surface area contributed by atoms with Crippen LogP contribution in [-0.2, 0) is 4.79 Å². The summed E-state index contributed by atoms with van der Waals surface area (Å²) >= 11 is 6.03. The van der Waals surface area contributed by atoms with Gasteiger partial charge in [-0.2, -0.15) is 0 Å². The monoisotopic (exact) mass is 374 g/mol. The van der Waals surface area contributed by atoms with Crippen molar-refractivity contribution < 1.29 is 9.53 Å². The number of carbonyl (C=O) groups is 1. The van der Waals surface area contributed by atoms with Crippen molar-refractivity contribution in [2.75, 3.05) is 25.0 Å².